The average molecular weight is 351 g/mol. The van der Waals surface area contributed by atoms with Crippen molar-refractivity contribution in [3.63, 3.8) is 0 Å². The van der Waals surface area contributed by atoms with Gasteiger partial charge in [0.1, 0.15) is 0 Å². The molecule has 0 aromatic heterocycles. The molecule has 3 rings (SSSR count). The first-order valence-electron chi connectivity index (χ1n) is 9.64. The summed E-state index contributed by atoms with van der Waals surface area (Å²) < 4.78 is 0. The summed E-state index contributed by atoms with van der Waals surface area (Å²) in [4.78, 5) is 14.6. The van der Waals surface area contributed by atoms with Gasteiger partial charge in [0.2, 0.25) is 0 Å². The Kier molecular flexibility index (Phi) is 6.67. The number of anilines is 1. The van der Waals surface area contributed by atoms with Crippen LogP contribution in [0.3, 0.4) is 0 Å². The number of rotatable bonds is 8. The lowest BCUT2D eigenvalue weighted by molar-refractivity contribution is 0.0951. The monoisotopic (exact) mass is 351 g/mol. The van der Waals surface area contributed by atoms with Gasteiger partial charge in [-0.1, -0.05) is 30.3 Å². The second-order valence-corrected chi connectivity index (χ2v) is 6.95. The van der Waals surface area contributed by atoms with Crippen LogP contribution in [0.25, 0.3) is 0 Å². The predicted molar refractivity (Wildman–Crippen MR) is 108 cm³/mol. The fraction of sp³-hybridized carbons (Fsp3) is 0.409. The maximum absolute atomic E-state index is 12.3. The maximum Gasteiger partial charge on any atom is 0.251 e. The van der Waals surface area contributed by atoms with E-state index in [2.05, 4.69) is 46.7 Å². The van der Waals surface area contributed by atoms with E-state index in [1.165, 1.54) is 12.0 Å². The van der Waals surface area contributed by atoms with Gasteiger partial charge in [-0.05, 0) is 68.6 Å². The van der Waals surface area contributed by atoms with Crippen molar-refractivity contribution >= 4 is 11.6 Å². The molecule has 1 atom stereocenters. The summed E-state index contributed by atoms with van der Waals surface area (Å²) in [5.74, 6) is 0.724. The van der Waals surface area contributed by atoms with Gasteiger partial charge in [-0.25, -0.2) is 0 Å². The first-order chi connectivity index (χ1) is 12.8. The summed E-state index contributed by atoms with van der Waals surface area (Å²) in [5, 5.41) is 6.41. The van der Waals surface area contributed by atoms with E-state index in [9.17, 15) is 4.79 Å². The zero-order chi connectivity index (χ0) is 18.2. The van der Waals surface area contributed by atoms with E-state index >= 15 is 0 Å². The van der Waals surface area contributed by atoms with Crippen LogP contribution in [-0.2, 0) is 6.54 Å². The number of benzene rings is 2. The zero-order valence-electron chi connectivity index (χ0n) is 15.6. The van der Waals surface area contributed by atoms with Gasteiger partial charge in [-0.2, -0.15) is 0 Å². The van der Waals surface area contributed by atoms with Crippen molar-refractivity contribution < 1.29 is 4.79 Å². The van der Waals surface area contributed by atoms with E-state index in [0.717, 1.165) is 50.4 Å². The van der Waals surface area contributed by atoms with Crippen molar-refractivity contribution in [1.82, 2.24) is 10.6 Å². The predicted octanol–water partition coefficient (Wildman–Crippen LogP) is 3.44. The van der Waals surface area contributed by atoms with Crippen molar-refractivity contribution in [3.8, 4) is 0 Å². The molecule has 2 aromatic carbocycles. The molecule has 0 aliphatic carbocycles. The van der Waals surface area contributed by atoms with Crippen LogP contribution in [0.4, 0.5) is 5.69 Å². The summed E-state index contributed by atoms with van der Waals surface area (Å²) in [6.07, 6.45) is 2.27. The Balaban J connectivity index is 1.53. The molecule has 1 aliphatic heterocycles. The molecule has 1 aliphatic rings. The Bertz CT molecular complexity index is 678. The molecule has 26 heavy (non-hydrogen) atoms. The van der Waals surface area contributed by atoms with Gasteiger partial charge in [-0.15, -0.1) is 0 Å². The molecule has 1 amide bonds. The van der Waals surface area contributed by atoms with Gasteiger partial charge in [0, 0.05) is 30.9 Å². The zero-order valence-corrected chi connectivity index (χ0v) is 15.6. The van der Waals surface area contributed by atoms with Crippen LogP contribution >= 0.6 is 0 Å². The van der Waals surface area contributed by atoms with Crippen LogP contribution in [0.2, 0.25) is 0 Å². The largest absolute Gasteiger partial charge is 0.367 e. The van der Waals surface area contributed by atoms with E-state index in [1.54, 1.807) is 0 Å². The first kappa shape index (κ1) is 18.5. The third-order valence-corrected chi connectivity index (χ3v) is 5.09. The van der Waals surface area contributed by atoms with Gasteiger partial charge in [-0.3, -0.25) is 4.79 Å². The van der Waals surface area contributed by atoms with Gasteiger partial charge in [0.25, 0.3) is 5.91 Å². The quantitative estimate of drug-likeness (QED) is 0.766. The Morgan fingerprint density at radius 2 is 1.92 bits per heavy atom. The molecule has 138 valence electrons. The Labute approximate surface area is 156 Å². The van der Waals surface area contributed by atoms with Gasteiger partial charge in [0.05, 0.1) is 0 Å². The lowest BCUT2D eigenvalue weighted by Crippen LogP contribution is -2.26. The average Bonchev–Trinajstić information content (AvgIpc) is 3.20. The van der Waals surface area contributed by atoms with Crippen LogP contribution in [-0.4, -0.2) is 32.1 Å². The fourth-order valence-electron chi connectivity index (χ4n) is 3.47. The molecule has 1 saturated heterocycles. The SMILES string of the molecule is CCN(Cc1ccccc1)c1ccc(C(=O)NCCC2CCNC2)cc1. The van der Waals surface area contributed by atoms with E-state index in [-0.39, 0.29) is 5.91 Å². The number of hydrogen-bond acceptors (Lipinski definition) is 3. The molecule has 2 N–H and O–H groups in total. The molecule has 1 fully saturated rings. The lowest BCUT2D eigenvalue weighted by atomic mass is 10.1. The molecule has 0 saturated carbocycles. The summed E-state index contributed by atoms with van der Waals surface area (Å²) in [6, 6.07) is 18.4. The van der Waals surface area contributed by atoms with E-state index in [4.69, 9.17) is 0 Å². The highest BCUT2D eigenvalue weighted by Crippen LogP contribution is 2.18. The molecule has 0 bridgehead atoms. The van der Waals surface area contributed by atoms with Gasteiger partial charge in [0.15, 0.2) is 0 Å². The Morgan fingerprint density at radius 3 is 2.58 bits per heavy atom. The van der Waals surface area contributed by atoms with Gasteiger partial charge >= 0.3 is 0 Å². The van der Waals surface area contributed by atoms with E-state index in [1.807, 2.05) is 30.3 Å². The summed E-state index contributed by atoms with van der Waals surface area (Å²) in [7, 11) is 0. The first-order valence-corrected chi connectivity index (χ1v) is 9.64. The van der Waals surface area contributed by atoms with Crippen molar-refractivity contribution in [2.75, 3.05) is 31.1 Å². The van der Waals surface area contributed by atoms with Crippen LogP contribution in [0.5, 0.6) is 0 Å². The van der Waals surface area contributed by atoms with E-state index in [0.29, 0.717) is 5.92 Å². The number of carbonyl (C=O) groups excluding carboxylic acids is 1. The normalized spacial score (nSPS) is 16.4. The topological polar surface area (TPSA) is 44.4 Å². The molecule has 4 heteroatoms. The molecule has 0 spiro atoms. The minimum Gasteiger partial charge on any atom is -0.367 e. The number of hydrogen-bond donors (Lipinski definition) is 2. The fourth-order valence-corrected chi connectivity index (χ4v) is 3.47. The number of nitrogens with one attached hydrogen (secondary N) is 2. The van der Waals surface area contributed by atoms with Crippen molar-refractivity contribution in [2.24, 2.45) is 5.92 Å². The van der Waals surface area contributed by atoms with Crippen molar-refractivity contribution in [1.29, 1.82) is 0 Å². The highest BCUT2D eigenvalue weighted by molar-refractivity contribution is 5.94. The summed E-state index contributed by atoms with van der Waals surface area (Å²) >= 11 is 0. The molecule has 1 heterocycles. The molecule has 1 unspecified atom stereocenters. The highest BCUT2D eigenvalue weighted by Gasteiger charge is 2.14. The molecule has 2 aromatic rings. The summed E-state index contributed by atoms with van der Waals surface area (Å²) in [5.41, 5.74) is 3.16. The highest BCUT2D eigenvalue weighted by atomic mass is 16.1. The number of amides is 1. The Morgan fingerprint density at radius 1 is 1.15 bits per heavy atom. The second kappa shape index (κ2) is 9.39. The number of nitrogens with zero attached hydrogens (tertiary/aromatic N) is 1. The Hall–Kier alpha value is -2.33. The standard InChI is InChI=1S/C22H29N3O/c1-2-25(17-19-6-4-3-5-7-19)21-10-8-20(9-11-21)22(26)24-15-13-18-12-14-23-16-18/h3-11,18,23H,2,12-17H2,1H3,(H,24,26). The molecular weight excluding hydrogens is 322 g/mol. The third-order valence-electron chi connectivity index (χ3n) is 5.09. The van der Waals surface area contributed by atoms with Crippen LogP contribution in [0, 0.1) is 5.92 Å². The van der Waals surface area contributed by atoms with Crippen molar-refractivity contribution in [3.05, 3.63) is 65.7 Å². The van der Waals surface area contributed by atoms with Crippen LogP contribution < -0.4 is 15.5 Å². The minimum atomic E-state index is 0.0219. The van der Waals surface area contributed by atoms with Crippen LogP contribution in [0.15, 0.2) is 54.6 Å². The summed E-state index contributed by atoms with van der Waals surface area (Å²) in [6.45, 7) is 6.90. The number of carbonyl (C=O) groups is 1. The van der Waals surface area contributed by atoms with Gasteiger partial charge < -0.3 is 15.5 Å². The van der Waals surface area contributed by atoms with E-state index < -0.39 is 0 Å². The van der Waals surface area contributed by atoms with Crippen molar-refractivity contribution in [2.45, 2.75) is 26.3 Å². The van der Waals surface area contributed by atoms with Crippen LogP contribution in [0.1, 0.15) is 35.7 Å². The molecule has 0 radical (unpaired) electrons. The maximum atomic E-state index is 12.3. The second-order valence-electron chi connectivity index (χ2n) is 6.95. The minimum absolute atomic E-state index is 0.0219. The third kappa shape index (κ3) is 5.09. The smallest absolute Gasteiger partial charge is 0.251 e. The lowest BCUT2D eigenvalue weighted by Gasteiger charge is -2.23. The molecule has 4 nitrogen and oxygen atoms in total. The molecular formula is C22H29N3O.